The Labute approximate surface area is 149 Å². The Morgan fingerprint density at radius 2 is 1.96 bits per heavy atom. The lowest BCUT2D eigenvalue weighted by Gasteiger charge is -2.10. The first-order valence-electron chi connectivity index (χ1n) is 8.31. The molecule has 132 valence electrons. The summed E-state index contributed by atoms with van der Waals surface area (Å²) in [5, 5.41) is 10.4. The molecule has 7 nitrogen and oxygen atoms in total. The van der Waals surface area contributed by atoms with E-state index in [9.17, 15) is 4.79 Å². The van der Waals surface area contributed by atoms with Gasteiger partial charge in [0.05, 0.1) is 18.9 Å². The Morgan fingerprint density at radius 3 is 2.85 bits per heavy atom. The molecular weight excluding hydrogens is 334 g/mol. The Bertz CT molecular complexity index is 993. The highest BCUT2D eigenvalue weighted by atomic mass is 16.6. The Morgan fingerprint density at radius 1 is 1.12 bits per heavy atom. The zero-order valence-corrected chi connectivity index (χ0v) is 14.2. The fourth-order valence-electron chi connectivity index (χ4n) is 2.76. The SMILES string of the molecule is CC(=CC(=O)Nc1cccc2nonc12)c1ccc2c(c1)OCCCO2. The number of fused-ring (bicyclic) bond motifs is 2. The third-order valence-corrected chi connectivity index (χ3v) is 4.09. The molecule has 1 amide bonds. The number of hydrogen-bond donors (Lipinski definition) is 1. The third kappa shape index (κ3) is 3.23. The van der Waals surface area contributed by atoms with Crippen LogP contribution in [0.2, 0.25) is 0 Å². The van der Waals surface area contributed by atoms with Crippen LogP contribution in [0.1, 0.15) is 18.9 Å². The van der Waals surface area contributed by atoms with Crippen LogP contribution in [0.25, 0.3) is 16.6 Å². The number of aromatic nitrogens is 2. The summed E-state index contributed by atoms with van der Waals surface area (Å²) in [6.07, 6.45) is 2.38. The second-order valence-electron chi connectivity index (χ2n) is 5.97. The maximum absolute atomic E-state index is 12.4. The quantitative estimate of drug-likeness (QED) is 0.728. The predicted octanol–water partition coefficient (Wildman–Crippen LogP) is 3.43. The number of rotatable bonds is 3. The Balaban J connectivity index is 1.55. The van der Waals surface area contributed by atoms with Gasteiger partial charge in [0.1, 0.15) is 5.52 Å². The molecule has 1 aromatic heterocycles. The Hall–Kier alpha value is -3.35. The van der Waals surface area contributed by atoms with Gasteiger partial charge in [-0.3, -0.25) is 4.79 Å². The van der Waals surface area contributed by atoms with Gasteiger partial charge in [-0.05, 0) is 52.6 Å². The van der Waals surface area contributed by atoms with Crippen molar-refractivity contribution in [3.63, 3.8) is 0 Å². The van der Waals surface area contributed by atoms with E-state index in [4.69, 9.17) is 14.1 Å². The zero-order valence-electron chi connectivity index (χ0n) is 14.2. The number of nitrogens with one attached hydrogen (secondary N) is 1. The molecule has 7 heteroatoms. The molecule has 2 aromatic carbocycles. The normalized spacial score (nSPS) is 14.1. The first-order chi connectivity index (χ1) is 12.7. The monoisotopic (exact) mass is 351 g/mol. The van der Waals surface area contributed by atoms with Gasteiger partial charge in [-0.1, -0.05) is 12.1 Å². The molecule has 0 atom stereocenters. The highest BCUT2D eigenvalue weighted by Gasteiger charge is 2.12. The van der Waals surface area contributed by atoms with Gasteiger partial charge in [-0.25, -0.2) is 4.63 Å². The van der Waals surface area contributed by atoms with Crippen LogP contribution in [0.15, 0.2) is 47.1 Å². The van der Waals surface area contributed by atoms with Crippen LogP contribution in [0.3, 0.4) is 0 Å². The van der Waals surface area contributed by atoms with Gasteiger partial charge in [-0.15, -0.1) is 0 Å². The molecule has 0 saturated carbocycles. The molecule has 4 rings (SSSR count). The van der Waals surface area contributed by atoms with Crippen molar-refractivity contribution >= 4 is 28.2 Å². The van der Waals surface area contributed by atoms with Crippen LogP contribution >= 0.6 is 0 Å². The van der Waals surface area contributed by atoms with E-state index >= 15 is 0 Å². The molecule has 0 bridgehead atoms. The van der Waals surface area contributed by atoms with Gasteiger partial charge in [0.2, 0.25) is 5.91 Å². The number of carbonyl (C=O) groups is 1. The molecule has 0 aliphatic carbocycles. The summed E-state index contributed by atoms with van der Waals surface area (Å²) in [7, 11) is 0. The van der Waals surface area contributed by atoms with E-state index in [1.54, 1.807) is 18.2 Å². The summed E-state index contributed by atoms with van der Waals surface area (Å²) in [4.78, 5) is 12.4. The van der Waals surface area contributed by atoms with E-state index in [1.807, 2.05) is 25.1 Å². The molecule has 0 unspecified atom stereocenters. The van der Waals surface area contributed by atoms with Crippen LogP contribution < -0.4 is 14.8 Å². The molecule has 1 N–H and O–H groups in total. The lowest BCUT2D eigenvalue weighted by molar-refractivity contribution is -0.111. The van der Waals surface area contributed by atoms with Crippen molar-refractivity contribution in [3.8, 4) is 11.5 Å². The molecule has 1 aliphatic heterocycles. The van der Waals surface area contributed by atoms with Gasteiger partial charge in [-0.2, -0.15) is 0 Å². The third-order valence-electron chi connectivity index (χ3n) is 4.09. The summed E-state index contributed by atoms with van der Waals surface area (Å²) in [5.41, 5.74) is 3.36. The van der Waals surface area contributed by atoms with Crippen LogP contribution in [-0.2, 0) is 4.79 Å². The van der Waals surface area contributed by atoms with E-state index in [0.29, 0.717) is 35.7 Å². The predicted molar refractivity (Wildman–Crippen MR) is 96.1 cm³/mol. The summed E-state index contributed by atoms with van der Waals surface area (Å²) in [6, 6.07) is 11.0. The van der Waals surface area contributed by atoms with Gasteiger partial charge in [0.25, 0.3) is 0 Å². The van der Waals surface area contributed by atoms with E-state index in [1.165, 1.54) is 6.08 Å². The van der Waals surface area contributed by atoms with Gasteiger partial charge >= 0.3 is 0 Å². The molecule has 26 heavy (non-hydrogen) atoms. The molecule has 0 radical (unpaired) electrons. The van der Waals surface area contributed by atoms with Crippen LogP contribution in [0, 0.1) is 0 Å². The molecule has 3 aromatic rings. The van der Waals surface area contributed by atoms with Gasteiger partial charge in [0, 0.05) is 12.5 Å². The average molecular weight is 351 g/mol. The van der Waals surface area contributed by atoms with Crippen molar-refractivity contribution < 1.29 is 18.9 Å². The number of amides is 1. The first kappa shape index (κ1) is 16.1. The molecule has 0 fully saturated rings. The second kappa shape index (κ2) is 6.87. The van der Waals surface area contributed by atoms with E-state index in [0.717, 1.165) is 23.3 Å². The van der Waals surface area contributed by atoms with Gasteiger partial charge < -0.3 is 14.8 Å². The number of benzene rings is 2. The highest BCUT2D eigenvalue weighted by molar-refractivity contribution is 6.07. The average Bonchev–Trinajstić information content (AvgIpc) is 3.00. The van der Waals surface area contributed by atoms with Crippen molar-refractivity contribution in [2.24, 2.45) is 0 Å². The van der Waals surface area contributed by atoms with Crippen LogP contribution in [-0.4, -0.2) is 29.4 Å². The number of nitrogens with zero attached hydrogens (tertiary/aromatic N) is 2. The summed E-state index contributed by atoms with van der Waals surface area (Å²) in [6.45, 7) is 3.14. The topological polar surface area (TPSA) is 86.5 Å². The molecule has 2 heterocycles. The molecule has 1 aliphatic rings. The Kier molecular flexibility index (Phi) is 4.27. The van der Waals surface area contributed by atoms with E-state index in [2.05, 4.69) is 15.6 Å². The minimum Gasteiger partial charge on any atom is -0.490 e. The van der Waals surface area contributed by atoms with E-state index in [-0.39, 0.29) is 5.91 Å². The van der Waals surface area contributed by atoms with Crippen molar-refractivity contribution in [2.75, 3.05) is 18.5 Å². The first-order valence-corrected chi connectivity index (χ1v) is 8.31. The molecule has 0 spiro atoms. The lowest BCUT2D eigenvalue weighted by Crippen LogP contribution is -2.09. The van der Waals surface area contributed by atoms with Crippen LogP contribution in [0.4, 0.5) is 5.69 Å². The maximum Gasteiger partial charge on any atom is 0.248 e. The van der Waals surface area contributed by atoms with E-state index < -0.39 is 0 Å². The van der Waals surface area contributed by atoms with Crippen molar-refractivity contribution in [3.05, 3.63) is 48.0 Å². The number of hydrogen-bond acceptors (Lipinski definition) is 6. The standard InChI is InChI=1S/C19H17N3O4/c1-12(13-6-7-16-17(11-13)25-9-3-8-24-16)10-18(23)20-14-4-2-5-15-19(14)22-26-21-15/h2,4-7,10-11H,3,8-9H2,1H3,(H,20,23). The summed E-state index contributed by atoms with van der Waals surface area (Å²) >= 11 is 0. The number of ether oxygens (including phenoxy) is 2. The minimum absolute atomic E-state index is 0.259. The fourth-order valence-corrected chi connectivity index (χ4v) is 2.76. The number of allylic oxidation sites excluding steroid dienone is 1. The van der Waals surface area contributed by atoms with Crippen molar-refractivity contribution in [2.45, 2.75) is 13.3 Å². The second-order valence-corrected chi connectivity index (χ2v) is 5.97. The maximum atomic E-state index is 12.4. The fraction of sp³-hybridized carbons (Fsp3) is 0.211. The summed E-state index contributed by atoms with van der Waals surface area (Å²) in [5.74, 6) is 1.17. The zero-order chi connectivity index (χ0) is 17.9. The van der Waals surface area contributed by atoms with Crippen molar-refractivity contribution in [1.82, 2.24) is 10.3 Å². The summed E-state index contributed by atoms with van der Waals surface area (Å²) < 4.78 is 16.0. The number of anilines is 1. The van der Waals surface area contributed by atoms with Gasteiger partial charge in [0.15, 0.2) is 17.0 Å². The minimum atomic E-state index is -0.259. The lowest BCUT2D eigenvalue weighted by atomic mass is 10.1. The highest BCUT2D eigenvalue weighted by Crippen LogP contribution is 2.32. The largest absolute Gasteiger partial charge is 0.490 e. The smallest absolute Gasteiger partial charge is 0.248 e. The van der Waals surface area contributed by atoms with Crippen molar-refractivity contribution in [1.29, 1.82) is 0 Å². The van der Waals surface area contributed by atoms with Crippen LogP contribution in [0.5, 0.6) is 11.5 Å². The molecular formula is C19H17N3O4. The number of carbonyl (C=O) groups excluding carboxylic acids is 1. The molecule has 0 saturated heterocycles.